The van der Waals surface area contributed by atoms with Crippen molar-refractivity contribution in [3.63, 3.8) is 0 Å². The standard InChI is InChI=1S/C14H22N2O/c1-11-4-3-5-13(8-11)16(2)10-12-6-7-14(17)9-15-12/h6-7,9,11,13,17H,3-5,8,10H2,1-2H3. The van der Waals surface area contributed by atoms with Gasteiger partial charge in [-0.3, -0.25) is 9.88 Å². The van der Waals surface area contributed by atoms with Crippen LogP contribution in [0.2, 0.25) is 0 Å². The van der Waals surface area contributed by atoms with Gasteiger partial charge in [-0.2, -0.15) is 0 Å². The van der Waals surface area contributed by atoms with E-state index < -0.39 is 0 Å². The molecular weight excluding hydrogens is 212 g/mol. The van der Waals surface area contributed by atoms with Crippen LogP contribution in [0, 0.1) is 5.92 Å². The highest BCUT2D eigenvalue weighted by atomic mass is 16.3. The van der Waals surface area contributed by atoms with Crippen molar-refractivity contribution in [1.82, 2.24) is 9.88 Å². The molecule has 3 nitrogen and oxygen atoms in total. The number of aromatic nitrogens is 1. The fourth-order valence-electron chi connectivity index (χ4n) is 2.70. The number of hydrogen-bond donors (Lipinski definition) is 1. The zero-order chi connectivity index (χ0) is 12.3. The third-order valence-electron chi connectivity index (χ3n) is 3.75. The lowest BCUT2D eigenvalue weighted by Gasteiger charge is -2.33. The van der Waals surface area contributed by atoms with Crippen molar-refractivity contribution in [3.05, 3.63) is 24.0 Å². The quantitative estimate of drug-likeness (QED) is 0.873. The van der Waals surface area contributed by atoms with Gasteiger partial charge >= 0.3 is 0 Å². The Labute approximate surface area is 103 Å². The number of pyridine rings is 1. The van der Waals surface area contributed by atoms with E-state index in [1.165, 1.54) is 31.9 Å². The first kappa shape index (κ1) is 12.4. The Balaban J connectivity index is 1.91. The van der Waals surface area contributed by atoms with Crippen LogP contribution in [0.1, 0.15) is 38.3 Å². The van der Waals surface area contributed by atoms with Crippen LogP contribution in [0.4, 0.5) is 0 Å². The van der Waals surface area contributed by atoms with E-state index in [1.54, 1.807) is 6.07 Å². The fraction of sp³-hybridized carbons (Fsp3) is 0.643. The van der Waals surface area contributed by atoms with Crippen molar-refractivity contribution in [2.45, 2.75) is 45.2 Å². The van der Waals surface area contributed by atoms with Gasteiger partial charge in [0.2, 0.25) is 0 Å². The summed E-state index contributed by atoms with van der Waals surface area (Å²) in [7, 11) is 2.18. The summed E-state index contributed by atoms with van der Waals surface area (Å²) in [5.74, 6) is 1.09. The lowest BCUT2D eigenvalue weighted by Crippen LogP contribution is -2.35. The van der Waals surface area contributed by atoms with Gasteiger partial charge in [0.05, 0.1) is 11.9 Å². The van der Waals surface area contributed by atoms with Crippen LogP contribution in [0.5, 0.6) is 5.75 Å². The van der Waals surface area contributed by atoms with Crippen LogP contribution in [0.15, 0.2) is 18.3 Å². The maximum atomic E-state index is 9.20. The van der Waals surface area contributed by atoms with Crippen LogP contribution in [-0.4, -0.2) is 28.1 Å². The summed E-state index contributed by atoms with van der Waals surface area (Å²) >= 11 is 0. The molecule has 0 amide bonds. The van der Waals surface area contributed by atoms with Crippen molar-refractivity contribution in [1.29, 1.82) is 0 Å². The van der Waals surface area contributed by atoms with Gasteiger partial charge in [-0.05, 0) is 37.9 Å². The average Bonchev–Trinajstić information content (AvgIpc) is 2.32. The molecular formula is C14H22N2O. The van der Waals surface area contributed by atoms with Crippen molar-refractivity contribution in [2.75, 3.05) is 7.05 Å². The minimum absolute atomic E-state index is 0.239. The van der Waals surface area contributed by atoms with E-state index in [9.17, 15) is 5.11 Å². The molecule has 2 rings (SSSR count). The Morgan fingerprint density at radius 2 is 2.24 bits per heavy atom. The average molecular weight is 234 g/mol. The summed E-state index contributed by atoms with van der Waals surface area (Å²) < 4.78 is 0. The summed E-state index contributed by atoms with van der Waals surface area (Å²) in [5, 5.41) is 9.20. The number of hydrogen-bond acceptors (Lipinski definition) is 3. The summed E-state index contributed by atoms with van der Waals surface area (Å²) in [6.45, 7) is 3.22. The third-order valence-corrected chi connectivity index (χ3v) is 3.75. The number of nitrogens with zero attached hydrogens (tertiary/aromatic N) is 2. The van der Waals surface area contributed by atoms with Gasteiger partial charge in [-0.25, -0.2) is 0 Å². The Hall–Kier alpha value is -1.09. The lowest BCUT2D eigenvalue weighted by molar-refractivity contribution is 0.156. The van der Waals surface area contributed by atoms with E-state index in [0.717, 1.165) is 18.2 Å². The minimum Gasteiger partial charge on any atom is -0.506 e. The second kappa shape index (κ2) is 5.50. The summed E-state index contributed by atoms with van der Waals surface area (Å²) in [4.78, 5) is 6.64. The molecule has 0 radical (unpaired) electrons. The van der Waals surface area contributed by atoms with Crippen molar-refractivity contribution in [3.8, 4) is 5.75 Å². The van der Waals surface area contributed by atoms with Gasteiger partial charge in [0.1, 0.15) is 5.75 Å². The molecule has 0 bridgehead atoms. The molecule has 3 heteroatoms. The van der Waals surface area contributed by atoms with E-state index in [1.807, 2.05) is 6.07 Å². The first-order chi connectivity index (χ1) is 8.15. The molecule has 1 N–H and O–H groups in total. The largest absolute Gasteiger partial charge is 0.506 e. The third kappa shape index (κ3) is 3.43. The van der Waals surface area contributed by atoms with E-state index in [2.05, 4.69) is 23.9 Å². The summed E-state index contributed by atoms with van der Waals surface area (Å²) in [6, 6.07) is 4.30. The van der Waals surface area contributed by atoms with Crippen LogP contribution >= 0.6 is 0 Å². The molecule has 2 unspecified atom stereocenters. The monoisotopic (exact) mass is 234 g/mol. The van der Waals surface area contributed by atoms with Crippen LogP contribution in [0.3, 0.4) is 0 Å². The zero-order valence-corrected chi connectivity index (χ0v) is 10.8. The topological polar surface area (TPSA) is 36.4 Å². The smallest absolute Gasteiger partial charge is 0.133 e. The highest BCUT2D eigenvalue weighted by molar-refractivity contribution is 5.17. The van der Waals surface area contributed by atoms with Crippen molar-refractivity contribution in [2.24, 2.45) is 5.92 Å². The van der Waals surface area contributed by atoms with E-state index in [0.29, 0.717) is 6.04 Å². The molecule has 1 aliphatic carbocycles. The lowest BCUT2D eigenvalue weighted by atomic mass is 9.86. The van der Waals surface area contributed by atoms with Crippen LogP contribution in [0.25, 0.3) is 0 Å². The molecule has 1 saturated carbocycles. The minimum atomic E-state index is 0.239. The normalized spacial score (nSPS) is 25.1. The molecule has 0 spiro atoms. The number of aromatic hydroxyl groups is 1. The van der Waals surface area contributed by atoms with E-state index in [-0.39, 0.29) is 5.75 Å². The van der Waals surface area contributed by atoms with Crippen molar-refractivity contribution >= 4 is 0 Å². The Bertz CT molecular complexity index is 350. The van der Waals surface area contributed by atoms with E-state index >= 15 is 0 Å². The second-order valence-corrected chi connectivity index (χ2v) is 5.35. The maximum absolute atomic E-state index is 9.20. The molecule has 0 aromatic carbocycles. The van der Waals surface area contributed by atoms with Gasteiger partial charge in [0.25, 0.3) is 0 Å². The van der Waals surface area contributed by atoms with Crippen LogP contribution < -0.4 is 0 Å². The van der Waals surface area contributed by atoms with Gasteiger partial charge in [0, 0.05) is 12.6 Å². The first-order valence-corrected chi connectivity index (χ1v) is 6.49. The van der Waals surface area contributed by atoms with Gasteiger partial charge < -0.3 is 5.11 Å². The molecule has 0 aliphatic heterocycles. The molecule has 1 aliphatic rings. The van der Waals surface area contributed by atoms with Gasteiger partial charge in [-0.15, -0.1) is 0 Å². The predicted octanol–water partition coefficient (Wildman–Crippen LogP) is 2.80. The number of rotatable bonds is 3. The van der Waals surface area contributed by atoms with Crippen molar-refractivity contribution < 1.29 is 5.11 Å². The summed E-state index contributed by atoms with van der Waals surface area (Å²) in [6.07, 6.45) is 6.85. The van der Waals surface area contributed by atoms with Crippen LogP contribution in [-0.2, 0) is 6.54 Å². The molecule has 1 fully saturated rings. The molecule has 17 heavy (non-hydrogen) atoms. The maximum Gasteiger partial charge on any atom is 0.133 e. The first-order valence-electron chi connectivity index (χ1n) is 6.49. The van der Waals surface area contributed by atoms with Gasteiger partial charge in [-0.1, -0.05) is 19.8 Å². The summed E-state index contributed by atoms with van der Waals surface area (Å²) in [5.41, 5.74) is 1.03. The molecule has 94 valence electrons. The predicted molar refractivity (Wildman–Crippen MR) is 68.8 cm³/mol. The molecule has 1 aromatic heterocycles. The van der Waals surface area contributed by atoms with Gasteiger partial charge in [0.15, 0.2) is 0 Å². The highest BCUT2D eigenvalue weighted by Crippen LogP contribution is 2.27. The Kier molecular flexibility index (Phi) is 4.00. The Morgan fingerprint density at radius 3 is 2.88 bits per heavy atom. The molecule has 1 heterocycles. The Morgan fingerprint density at radius 1 is 1.41 bits per heavy atom. The van der Waals surface area contributed by atoms with E-state index in [4.69, 9.17) is 0 Å². The molecule has 2 atom stereocenters. The highest BCUT2D eigenvalue weighted by Gasteiger charge is 2.22. The fourth-order valence-corrected chi connectivity index (χ4v) is 2.70. The molecule has 1 aromatic rings. The SMILES string of the molecule is CC1CCCC(N(C)Cc2ccc(O)cn2)C1. The second-order valence-electron chi connectivity index (χ2n) is 5.35. The zero-order valence-electron chi connectivity index (χ0n) is 10.8. The molecule has 0 saturated heterocycles.